The van der Waals surface area contributed by atoms with Crippen molar-refractivity contribution in [1.29, 1.82) is 0 Å². The number of hydrogen-bond acceptors (Lipinski definition) is 5. The molecule has 1 aliphatic heterocycles. The number of hydrazine groups is 1. The second-order valence-electron chi connectivity index (χ2n) is 3.64. The van der Waals surface area contributed by atoms with Gasteiger partial charge in [0, 0.05) is 23.8 Å². The third-order valence-corrected chi connectivity index (χ3v) is 4.56. The lowest BCUT2D eigenvalue weighted by Gasteiger charge is -2.26. The molecule has 1 saturated heterocycles. The summed E-state index contributed by atoms with van der Waals surface area (Å²) < 4.78 is 30.0. The molecule has 6 nitrogen and oxygen atoms in total. The normalized spacial score (nSPS) is 17.9. The molecular weight excluding hydrogens is 346 g/mol. The Morgan fingerprint density at radius 2 is 2.11 bits per heavy atom. The van der Waals surface area contributed by atoms with E-state index in [-0.39, 0.29) is 10.0 Å². The van der Waals surface area contributed by atoms with Gasteiger partial charge in [-0.05, 0) is 22.0 Å². The van der Waals surface area contributed by atoms with E-state index in [9.17, 15) is 8.42 Å². The van der Waals surface area contributed by atoms with Crippen molar-refractivity contribution in [2.75, 3.05) is 26.3 Å². The van der Waals surface area contributed by atoms with Gasteiger partial charge in [-0.25, -0.2) is 18.4 Å². The summed E-state index contributed by atoms with van der Waals surface area (Å²) in [7, 11) is -3.72. The summed E-state index contributed by atoms with van der Waals surface area (Å²) in [6.07, 6.45) is 1.44. The summed E-state index contributed by atoms with van der Waals surface area (Å²) in [4.78, 5) is 6.20. The first kappa shape index (κ1) is 14.2. The molecular formula is C9H11BrClN3O3S. The van der Waals surface area contributed by atoms with Gasteiger partial charge in [-0.2, -0.15) is 0 Å². The molecule has 0 amide bonds. The minimum atomic E-state index is -3.72. The molecule has 0 atom stereocenters. The van der Waals surface area contributed by atoms with Crippen LogP contribution in [0.5, 0.6) is 0 Å². The Balaban J connectivity index is 2.21. The quantitative estimate of drug-likeness (QED) is 0.819. The first-order valence-electron chi connectivity index (χ1n) is 5.15. The third-order valence-electron chi connectivity index (χ3n) is 2.32. The smallest absolute Gasteiger partial charge is 0.256 e. The minimum Gasteiger partial charge on any atom is -0.379 e. The van der Waals surface area contributed by atoms with Gasteiger partial charge in [0.15, 0.2) is 0 Å². The van der Waals surface area contributed by atoms with E-state index in [2.05, 4.69) is 25.7 Å². The molecule has 1 aromatic rings. The van der Waals surface area contributed by atoms with E-state index in [4.69, 9.17) is 16.3 Å². The summed E-state index contributed by atoms with van der Waals surface area (Å²) in [5, 5.41) is 1.52. The molecule has 1 aromatic heterocycles. The van der Waals surface area contributed by atoms with Gasteiger partial charge in [0.1, 0.15) is 10.0 Å². The lowest BCUT2D eigenvalue weighted by Crippen LogP contribution is -2.48. The molecule has 0 saturated carbocycles. The minimum absolute atomic E-state index is 0.0509. The fourth-order valence-electron chi connectivity index (χ4n) is 1.47. The van der Waals surface area contributed by atoms with Crippen molar-refractivity contribution < 1.29 is 13.2 Å². The summed E-state index contributed by atoms with van der Waals surface area (Å²) in [5.41, 5.74) is 0. The number of ether oxygens (including phenoxy) is 1. The molecule has 18 heavy (non-hydrogen) atoms. The number of hydrogen-bond donors (Lipinski definition) is 1. The van der Waals surface area contributed by atoms with Crippen LogP contribution in [0.2, 0.25) is 5.15 Å². The van der Waals surface area contributed by atoms with Crippen LogP contribution in [0.15, 0.2) is 21.6 Å². The van der Waals surface area contributed by atoms with Gasteiger partial charge in [0.05, 0.1) is 13.2 Å². The predicted molar refractivity (Wildman–Crippen MR) is 69.7 cm³/mol. The van der Waals surface area contributed by atoms with Crippen molar-refractivity contribution in [3.05, 3.63) is 21.9 Å². The fourth-order valence-corrected chi connectivity index (χ4v) is 3.53. The summed E-state index contributed by atoms with van der Waals surface area (Å²) in [6, 6.07) is 1.41. The van der Waals surface area contributed by atoms with Crippen LogP contribution < -0.4 is 4.83 Å². The molecule has 0 radical (unpaired) electrons. The molecule has 1 fully saturated rings. The third kappa shape index (κ3) is 3.40. The maximum absolute atomic E-state index is 12.1. The lowest BCUT2D eigenvalue weighted by molar-refractivity contribution is 0.0272. The zero-order valence-corrected chi connectivity index (χ0v) is 12.4. The number of morpholine rings is 1. The number of sulfonamides is 1. The first-order chi connectivity index (χ1) is 8.49. The summed E-state index contributed by atoms with van der Waals surface area (Å²) in [5.74, 6) is 0. The average Bonchev–Trinajstić information content (AvgIpc) is 2.33. The van der Waals surface area contributed by atoms with Crippen LogP contribution in [-0.4, -0.2) is 44.7 Å². The molecule has 0 aliphatic carbocycles. The Bertz CT molecular complexity index is 534. The monoisotopic (exact) mass is 355 g/mol. The van der Waals surface area contributed by atoms with Gasteiger partial charge in [-0.15, -0.1) is 4.83 Å². The van der Waals surface area contributed by atoms with E-state index in [0.29, 0.717) is 30.8 Å². The molecule has 2 heterocycles. The van der Waals surface area contributed by atoms with E-state index in [1.807, 2.05) is 0 Å². The SMILES string of the molecule is O=S(=O)(NN1CCOCC1)c1cc(Br)cnc1Cl. The largest absolute Gasteiger partial charge is 0.379 e. The highest BCUT2D eigenvalue weighted by Crippen LogP contribution is 2.22. The Morgan fingerprint density at radius 1 is 1.44 bits per heavy atom. The predicted octanol–water partition coefficient (Wildman–Crippen LogP) is 1.02. The highest BCUT2D eigenvalue weighted by Gasteiger charge is 2.23. The van der Waals surface area contributed by atoms with Crippen molar-refractivity contribution in [1.82, 2.24) is 14.8 Å². The molecule has 0 aromatic carbocycles. The van der Waals surface area contributed by atoms with Crippen LogP contribution in [0.3, 0.4) is 0 Å². The van der Waals surface area contributed by atoms with Crippen LogP contribution in [0, 0.1) is 0 Å². The second kappa shape index (κ2) is 5.81. The number of rotatable bonds is 3. The van der Waals surface area contributed by atoms with Crippen molar-refractivity contribution >= 4 is 37.6 Å². The van der Waals surface area contributed by atoms with Crippen molar-refractivity contribution in [2.24, 2.45) is 0 Å². The van der Waals surface area contributed by atoms with Gasteiger partial charge in [0.2, 0.25) is 0 Å². The van der Waals surface area contributed by atoms with Crippen LogP contribution in [-0.2, 0) is 14.8 Å². The Hall–Kier alpha value is -0.250. The molecule has 0 bridgehead atoms. The lowest BCUT2D eigenvalue weighted by atomic mass is 10.5. The van der Waals surface area contributed by atoms with E-state index in [1.54, 1.807) is 5.01 Å². The van der Waals surface area contributed by atoms with Gasteiger partial charge in [-0.1, -0.05) is 11.6 Å². The topological polar surface area (TPSA) is 71.5 Å². The molecule has 2 rings (SSSR count). The number of nitrogens with zero attached hydrogens (tertiary/aromatic N) is 2. The summed E-state index contributed by atoms with van der Waals surface area (Å²) in [6.45, 7) is 1.98. The number of pyridine rings is 1. The van der Waals surface area contributed by atoms with E-state index in [1.165, 1.54) is 12.3 Å². The number of aromatic nitrogens is 1. The Morgan fingerprint density at radius 3 is 2.78 bits per heavy atom. The van der Waals surface area contributed by atoms with Gasteiger partial charge < -0.3 is 4.74 Å². The summed E-state index contributed by atoms with van der Waals surface area (Å²) >= 11 is 8.97. The maximum Gasteiger partial charge on any atom is 0.256 e. The Labute approximate surface area is 118 Å². The fraction of sp³-hybridized carbons (Fsp3) is 0.444. The van der Waals surface area contributed by atoms with Gasteiger partial charge in [-0.3, -0.25) is 0 Å². The molecule has 0 unspecified atom stereocenters. The van der Waals surface area contributed by atoms with Crippen LogP contribution >= 0.6 is 27.5 Å². The van der Waals surface area contributed by atoms with Crippen molar-refractivity contribution in [3.63, 3.8) is 0 Å². The second-order valence-corrected chi connectivity index (χ2v) is 6.54. The highest BCUT2D eigenvalue weighted by molar-refractivity contribution is 9.10. The van der Waals surface area contributed by atoms with Crippen LogP contribution in [0.4, 0.5) is 0 Å². The number of halogens is 2. The van der Waals surface area contributed by atoms with Crippen LogP contribution in [0.25, 0.3) is 0 Å². The molecule has 9 heteroatoms. The number of nitrogens with one attached hydrogen (secondary N) is 1. The standard InChI is InChI=1S/C9H11BrClN3O3S/c10-7-5-8(9(11)12-6-7)18(15,16)13-14-1-3-17-4-2-14/h5-6,13H,1-4H2. The molecule has 100 valence electrons. The zero-order valence-electron chi connectivity index (χ0n) is 9.27. The first-order valence-corrected chi connectivity index (χ1v) is 7.80. The average molecular weight is 357 g/mol. The maximum atomic E-state index is 12.1. The van der Waals surface area contributed by atoms with Crippen molar-refractivity contribution in [2.45, 2.75) is 4.90 Å². The van der Waals surface area contributed by atoms with Gasteiger partial charge >= 0.3 is 0 Å². The zero-order chi connectivity index (χ0) is 13.2. The Kier molecular flexibility index (Phi) is 4.57. The van der Waals surface area contributed by atoms with E-state index in [0.717, 1.165) is 0 Å². The molecule has 1 N–H and O–H groups in total. The van der Waals surface area contributed by atoms with E-state index >= 15 is 0 Å². The molecule has 1 aliphatic rings. The van der Waals surface area contributed by atoms with Crippen molar-refractivity contribution in [3.8, 4) is 0 Å². The van der Waals surface area contributed by atoms with E-state index < -0.39 is 10.0 Å². The van der Waals surface area contributed by atoms with Crippen LogP contribution in [0.1, 0.15) is 0 Å². The highest BCUT2D eigenvalue weighted by atomic mass is 79.9. The molecule has 0 spiro atoms. The van der Waals surface area contributed by atoms with Gasteiger partial charge in [0.25, 0.3) is 10.0 Å².